The van der Waals surface area contributed by atoms with E-state index in [-0.39, 0.29) is 23.7 Å². The maximum Gasteiger partial charge on any atom is 0.457 e. The molecule has 1 saturated heterocycles. The van der Waals surface area contributed by atoms with Crippen LogP contribution in [0.5, 0.6) is 0 Å². The summed E-state index contributed by atoms with van der Waals surface area (Å²) < 4.78 is 38.0. The highest BCUT2D eigenvalue weighted by atomic mass is 19.3. The minimum Gasteiger partial charge on any atom is -0.406 e. The fourth-order valence-corrected chi connectivity index (χ4v) is 2.25. The van der Waals surface area contributed by atoms with Crippen molar-refractivity contribution in [2.75, 3.05) is 13.7 Å². The number of alkyl halides is 2. The van der Waals surface area contributed by atoms with E-state index >= 15 is 0 Å². The van der Waals surface area contributed by atoms with Crippen LogP contribution in [-0.2, 0) is 9.31 Å². The van der Waals surface area contributed by atoms with Crippen LogP contribution in [0, 0.1) is 0 Å². The first-order valence-electron chi connectivity index (χ1n) is 7.87. The molecule has 8 heteroatoms. The van der Waals surface area contributed by atoms with Gasteiger partial charge in [-0.1, -0.05) is 6.58 Å². The van der Waals surface area contributed by atoms with Crippen molar-refractivity contribution in [2.45, 2.75) is 57.8 Å². The normalized spacial score (nSPS) is 22.5. The summed E-state index contributed by atoms with van der Waals surface area (Å²) in [5.74, 6) is 0. The molecule has 0 aromatic rings. The van der Waals surface area contributed by atoms with E-state index < -0.39 is 19.7 Å². The highest BCUT2D eigenvalue weighted by Gasteiger charge is 2.42. The van der Waals surface area contributed by atoms with E-state index in [1.165, 1.54) is 12.3 Å². The SMILES string of the molecule is C=CNC(/C=C(\CCB1O[C@H](C)C(C)(C)O1)C(F)F)NCNC. The largest absolute Gasteiger partial charge is 0.457 e. The molecule has 23 heavy (non-hydrogen) atoms. The van der Waals surface area contributed by atoms with Gasteiger partial charge in [0.05, 0.1) is 17.9 Å². The van der Waals surface area contributed by atoms with Crippen LogP contribution in [0.25, 0.3) is 0 Å². The number of halogens is 2. The minimum atomic E-state index is -2.52. The quantitative estimate of drug-likeness (QED) is 0.325. The van der Waals surface area contributed by atoms with E-state index in [0.29, 0.717) is 13.0 Å². The van der Waals surface area contributed by atoms with E-state index in [1.807, 2.05) is 20.8 Å². The van der Waals surface area contributed by atoms with Crippen molar-refractivity contribution in [1.29, 1.82) is 0 Å². The Balaban J connectivity index is 2.63. The molecule has 1 rings (SSSR count). The first-order chi connectivity index (χ1) is 10.8. The van der Waals surface area contributed by atoms with Crippen LogP contribution in [-0.4, -0.2) is 45.1 Å². The predicted molar refractivity (Wildman–Crippen MR) is 89.2 cm³/mol. The molecular formula is C15H28BF2N3O2. The van der Waals surface area contributed by atoms with E-state index in [0.717, 1.165) is 0 Å². The predicted octanol–water partition coefficient (Wildman–Crippen LogP) is 2.10. The van der Waals surface area contributed by atoms with Gasteiger partial charge < -0.3 is 19.9 Å². The Labute approximate surface area is 138 Å². The molecule has 0 saturated carbocycles. The summed E-state index contributed by atoms with van der Waals surface area (Å²) in [6, 6.07) is 0. The molecule has 0 aromatic heterocycles. The van der Waals surface area contributed by atoms with Crippen LogP contribution in [0.3, 0.4) is 0 Å². The molecule has 132 valence electrons. The fourth-order valence-electron chi connectivity index (χ4n) is 2.25. The van der Waals surface area contributed by atoms with Gasteiger partial charge in [0.25, 0.3) is 6.43 Å². The molecule has 3 N–H and O–H groups in total. The fraction of sp³-hybridized carbons (Fsp3) is 0.733. The summed E-state index contributed by atoms with van der Waals surface area (Å²) in [7, 11) is 1.33. The maximum atomic E-state index is 13.3. The van der Waals surface area contributed by atoms with Gasteiger partial charge in [-0.25, -0.2) is 8.78 Å². The Bertz CT molecular complexity index is 408. The van der Waals surface area contributed by atoms with Crippen molar-refractivity contribution < 1.29 is 18.1 Å². The Morgan fingerprint density at radius 3 is 2.61 bits per heavy atom. The summed E-state index contributed by atoms with van der Waals surface area (Å²) in [6.07, 6.45) is 0.586. The van der Waals surface area contributed by atoms with Crippen molar-refractivity contribution in [3.63, 3.8) is 0 Å². The average molecular weight is 331 g/mol. The molecule has 0 amide bonds. The van der Waals surface area contributed by atoms with Crippen LogP contribution in [0.4, 0.5) is 8.78 Å². The number of rotatable bonds is 10. The van der Waals surface area contributed by atoms with E-state index in [2.05, 4.69) is 22.5 Å². The second-order valence-electron chi connectivity index (χ2n) is 6.09. The Hall–Kier alpha value is -0.955. The lowest BCUT2D eigenvalue weighted by atomic mass is 9.81. The van der Waals surface area contributed by atoms with Gasteiger partial charge in [-0.3, -0.25) is 5.32 Å². The molecule has 5 nitrogen and oxygen atoms in total. The van der Waals surface area contributed by atoms with Crippen molar-refractivity contribution in [1.82, 2.24) is 16.0 Å². The highest BCUT2D eigenvalue weighted by molar-refractivity contribution is 6.45. The van der Waals surface area contributed by atoms with E-state index in [1.54, 1.807) is 7.05 Å². The third kappa shape index (κ3) is 6.59. The van der Waals surface area contributed by atoms with Crippen LogP contribution < -0.4 is 16.0 Å². The topological polar surface area (TPSA) is 54.5 Å². The lowest BCUT2D eigenvalue weighted by Gasteiger charge is -2.21. The first kappa shape index (κ1) is 20.1. The highest BCUT2D eigenvalue weighted by Crippen LogP contribution is 2.30. The second-order valence-corrected chi connectivity index (χ2v) is 6.09. The molecule has 1 heterocycles. The van der Waals surface area contributed by atoms with Gasteiger partial charge in [-0.15, -0.1) is 0 Å². The zero-order valence-corrected chi connectivity index (χ0v) is 14.4. The Morgan fingerprint density at radius 1 is 1.43 bits per heavy atom. The second kappa shape index (κ2) is 9.37. The van der Waals surface area contributed by atoms with Crippen molar-refractivity contribution in [2.24, 2.45) is 0 Å². The van der Waals surface area contributed by atoms with E-state index in [4.69, 9.17) is 9.31 Å². The maximum absolute atomic E-state index is 13.3. The smallest absolute Gasteiger partial charge is 0.406 e. The molecule has 0 radical (unpaired) electrons. The molecular weight excluding hydrogens is 303 g/mol. The summed E-state index contributed by atoms with van der Waals surface area (Å²) in [5, 5.41) is 8.84. The number of hydrogen-bond donors (Lipinski definition) is 3. The molecule has 1 unspecified atom stereocenters. The monoisotopic (exact) mass is 331 g/mol. The summed E-state index contributed by atoms with van der Waals surface area (Å²) in [5.41, 5.74) is -0.335. The third-order valence-corrected chi connectivity index (χ3v) is 3.90. The molecule has 0 bridgehead atoms. The molecule has 0 aromatic carbocycles. The summed E-state index contributed by atoms with van der Waals surface area (Å²) >= 11 is 0. The molecule has 0 aliphatic carbocycles. The number of nitrogens with one attached hydrogen (secondary N) is 3. The minimum absolute atomic E-state index is 0.0533. The van der Waals surface area contributed by atoms with Crippen LogP contribution >= 0.6 is 0 Å². The zero-order valence-electron chi connectivity index (χ0n) is 14.4. The van der Waals surface area contributed by atoms with Gasteiger partial charge >= 0.3 is 7.12 Å². The first-order valence-corrected chi connectivity index (χ1v) is 7.87. The van der Waals surface area contributed by atoms with Crippen molar-refractivity contribution in [3.8, 4) is 0 Å². The van der Waals surface area contributed by atoms with Gasteiger partial charge in [0.2, 0.25) is 0 Å². The Kier molecular flexibility index (Phi) is 8.18. The third-order valence-electron chi connectivity index (χ3n) is 3.90. The standard InChI is InChI=1S/C15H28BF2N3O2/c1-6-20-13(21-10-19-5)9-12(14(17)18)7-8-16-22-11(2)15(3,4)23-16/h6,9,11,13-14,19-21H,1,7-8,10H2,2-5H3/b12-9+/t11-,13?/m1/s1. The molecule has 0 spiro atoms. The average Bonchev–Trinajstić information content (AvgIpc) is 2.73. The number of allylic oxidation sites excluding steroid dienone is 1. The van der Waals surface area contributed by atoms with Gasteiger partial charge in [-0.05, 0) is 58.4 Å². The summed E-state index contributed by atoms with van der Waals surface area (Å²) in [4.78, 5) is 0. The Morgan fingerprint density at radius 2 is 2.13 bits per heavy atom. The van der Waals surface area contributed by atoms with Crippen LogP contribution in [0.2, 0.25) is 6.32 Å². The van der Waals surface area contributed by atoms with Crippen LogP contribution in [0.15, 0.2) is 24.4 Å². The van der Waals surface area contributed by atoms with Crippen LogP contribution in [0.1, 0.15) is 27.2 Å². The van der Waals surface area contributed by atoms with Crippen molar-refractivity contribution in [3.05, 3.63) is 24.4 Å². The lowest BCUT2D eigenvalue weighted by molar-refractivity contribution is 0.0839. The zero-order chi connectivity index (χ0) is 17.5. The van der Waals surface area contributed by atoms with Gasteiger partial charge in [-0.2, -0.15) is 0 Å². The lowest BCUT2D eigenvalue weighted by Crippen LogP contribution is -2.42. The van der Waals surface area contributed by atoms with Gasteiger partial charge in [0, 0.05) is 6.67 Å². The molecule has 2 atom stereocenters. The van der Waals surface area contributed by atoms with Crippen molar-refractivity contribution >= 4 is 7.12 Å². The summed E-state index contributed by atoms with van der Waals surface area (Å²) in [6.45, 7) is 9.85. The molecule has 1 fully saturated rings. The van der Waals surface area contributed by atoms with Gasteiger partial charge in [0.15, 0.2) is 0 Å². The van der Waals surface area contributed by atoms with Gasteiger partial charge in [0.1, 0.15) is 0 Å². The van der Waals surface area contributed by atoms with E-state index in [9.17, 15) is 8.78 Å². The number of hydrogen-bond acceptors (Lipinski definition) is 5. The molecule has 1 aliphatic rings. The molecule has 1 aliphatic heterocycles.